The third-order valence-electron chi connectivity index (χ3n) is 3.16. The zero-order valence-electron chi connectivity index (χ0n) is 11.5. The van der Waals surface area contributed by atoms with E-state index in [-0.39, 0.29) is 11.8 Å². The lowest BCUT2D eigenvalue weighted by Crippen LogP contribution is -2.41. The van der Waals surface area contributed by atoms with Crippen LogP contribution in [-0.4, -0.2) is 39.3 Å². The van der Waals surface area contributed by atoms with Gasteiger partial charge in [-0.2, -0.15) is 0 Å². The average molecular weight is 264 g/mol. The molecule has 0 aliphatic rings. The molecule has 0 aliphatic carbocycles. The van der Waals surface area contributed by atoms with Gasteiger partial charge >= 0.3 is 5.97 Å². The van der Waals surface area contributed by atoms with Crippen molar-refractivity contribution < 1.29 is 14.7 Å². The number of carboxylic acid groups (broad SMARTS) is 1. The Balaban J connectivity index is 2.80. The zero-order chi connectivity index (χ0) is 14.4. The number of rotatable bonds is 7. The van der Waals surface area contributed by atoms with E-state index in [4.69, 9.17) is 5.11 Å². The molecule has 1 rings (SSSR count). The van der Waals surface area contributed by atoms with Crippen LogP contribution in [0.5, 0.6) is 0 Å². The Morgan fingerprint density at radius 3 is 2.53 bits per heavy atom. The molecule has 2 atom stereocenters. The third kappa shape index (κ3) is 4.79. The van der Waals surface area contributed by atoms with E-state index in [0.29, 0.717) is 13.1 Å². The van der Waals surface area contributed by atoms with E-state index in [1.54, 1.807) is 20.0 Å². The van der Waals surface area contributed by atoms with Gasteiger partial charge in [-0.3, -0.25) is 19.5 Å². The van der Waals surface area contributed by atoms with Crippen LogP contribution in [0.4, 0.5) is 0 Å². The summed E-state index contributed by atoms with van der Waals surface area (Å²) < 4.78 is 0. The molecule has 0 saturated heterocycles. The van der Waals surface area contributed by atoms with Crippen LogP contribution in [0.1, 0.15) is 26.5 Å². The number of hydrogen-bond donors (Lipinski definition) is 1. The van der Waals surface area contributed by atoms with Crippen molar-refractivity contribution in [2.24, 2.45) is 5.92 Å². The fraction of sp³-hybridized carbons (Fsp3) is 0.500. The van der Waals surface area contributed by atoms with Crippen LogP contribution in [0, 0.1) is 5.92 Å². The van der Waals surface area contributed by atoms with Gasteiger partial charge in [0.1, 0.15) is 5.78 Å². The Labute approximate surface area is 113 Å². The fourth-order valence-electron chi connectivity index (χ4n) is 1.75. The highest BCUT2D eigenvalue weighted by Crippen LogP contribution is 2.11. The maximum Gasteiger partial charge on any atom is 0.307 e. The molecule has 5 nitrogen and oxygen atoms in total. The number of ketones is 1. The second-order valence-electron chi connectivity index (χ2n) is 4.78. The van der Waals surface area contributed by atoms with E-state index in [2.05, 4.69) is 4.98 Å². The molecule has 0 amide bonds. The van der Waals surface area contributed by atoms with Gasteiger partial charge in [0.25, 0.3) is 0 Å². The summed E-state index contributed by atoms with van der Waals surface area (Å²) in [5.41, 5.74) is 0.827. The number of aliphatic carboxylic acids is 1. The molecule has 0 fully saturated rings. The van der Waals surface area contributed by atoms with Gasteiger partial charge in [0.15, 0.2) is 0 Å². The van der Waals surface area contributed by atoms with Crippen molar-refractivity contribution in [3.05, 3.63) is 30.1 Å². The second-order valence-corrected chi connectivity index (χ2v) is 4.78. The summed E-state index contributed by atoms with van der Waals surface area (Å²) >= 11 is 0. The van der Waals surface area contributed by atoms with Crippen molar-refractivity contribution >= 4 is 11.8 Å². The standard InChI is InChI=1S/C14H20N2O3/c1-10(14(18)19)8-16(11(2)12(3)17)9-13-6-4-5-7-15-13/h4-7,10-11H,8-9H2,1-3H3,(H,18,19). The van der Waals surface area contributed by atoms with Gasteiger partial charge in [0.2, 0.25) is 0 Å². The summed E-state index contributed by atoms with van der Waals surface area (Å²) in [4.78, 5) is 28.5. The van der Waals surface area contributed by atoms with Crippen LogP contribution < -0.4 is 0 Å². The minimum Gasteiger partial charge on any atom is -0.481 e. The monoisotopic (exact) mass is 264 g/mol. The molecule has 5 heteroatoms. The van der Waals surface area contributed by atoms with Gasteiger partial charge in [-0.15, -0.1) is 0 Å². The van der Waals surface area contributed by atoms with Crippen molar-refractivity contribution in [1.82, 2.24) is 9.88 Å². The summed E-state index contributed by atoms with van der Waals surface area (Å²) in [7, 11) is 0. The molecular formula is C14H20N2O3. The highest BCUT2D eigenvalue weighted by Gasteiger charge is 2.23. The van der Waals surface area contributed by atoms with Crippen molar-refractivity contribution in [3.63, 3.8) is 0 Å². The Bertz CT molecular complexity index is 434. The first-order valence-corrected chi connectivity index (χ1v) is 6.29. The second kappa shape index (κ2) is 6.99. The summed E-state index contributed by atoms with van der Waals surface area (Å²) in [6.07, 6.45) is 1.69. The molecular weight excluding hydrogens is 244 g/mol. The van der Waals surface area contributed by atoms with Gasteiger partial charge in [-0.25, -0.2) is 0 Å². The maximum absolute atomic E-state index is 11.5. The number of carboxylic acids is 1. The smallest absolute Gasteiger partial charge is 0.307 e. The van der Waals surface area contributed by atoms with Gasteiger partial charge in [0, 0.05) is 19.3 Å². The van der Waals surface area contributed by atoms with Gasteiger partial charge in [-0.1, -0.05) is 13.0 Å². The Morgan fingerprint density at radius 1 is 1.37 bits per heavy atom. The molecule has 0 bridgehead atoms. The predicted octanol–water partition coefficient (Wildman–Crippen LogP) is 1.58. The van der Waals surface area contributed by atoms with E-state index in [1.165, 1.54) is 6.92 Å². The quantitative estimate of drug-likeness (QED) is 0.809. The van der Waals surface area contributed by atoms with Crippen LogP contribution >= 0.6 is 0 Å². The average Bonchev–Trinajstić information content (AvgIpc) is 2.37. The van der Waals surface area contributed by atoms with E-state index >= 15 is 0 Å². The maximum atomic E-state index is 11.5. The van der Waals surface area contributed by atoms with Crippen LogP contribution in [0.25, 0.3) is 0 Å². The van der Waals surface area contributed by atoms with Crippen LogP contribution in [-0.2, 0) is 16.1 Å². The van der Waals surface area contributed by atoms with Crippen molar-refractivity contribution in [2.75, 3.05) is 6.54 Å². The number of carbonyl (C=O) groups excluding carboxylic acids is 1. The number of hydrogen-bond acceptors (Lipinski definition) is 4. The molecule has 0 aromatic carbocycles. The molecule has 0 radical (unpaired) electrons. The molecule has 1 N–H and O–H groups in total. The van der Waals surface area contributed by atoms with Crippen LogP contribution in [0.2, 0.25) is 0 Å². The molecule has 2 unspecified atom stereocenters. The van der Waals surface area contributed by atoms with Crippen molar-refractivity contribution in [2.45, 2.75) is 33.4 Å². The third-order valence-corrected chi connectivity index (χ3v) is 3.16. The number of aromatic nitrogens is 1. The van der Waals surface area contributed by atoms with E-state index < -0.39 is 11.9 Å². The van der Waals surface area contributed by atoms with E-state index in [9.17, 15) is 9.59 Å². The van der Waals surface area contributed by atoms with Crippen molar-refractivity contribution in [3.8, 4) is 0 Å². The van der Waals surface area contributed by atoms with Gasteiger partial charge in [0.05, 0.1) is 17.7 Å². The zero-order valence-corrected chi connectivity index (χ0v) is 11.5. The largest absolute Gasteiger partial charge is 0.481 e. The summed E-state index contributed by atoms with van der Waals surface area (Å²) in [6.45, 7) is 5.74. The lowest BCUT2D eigenvalue weighted by Gasteiger charge is -2.28. The summed E-state index contributed by atoms with van der Waals surface area (Å²) in [5.74, 6) is -1.36. The SMILES string of the molecule is CC(=O)C(C)N(Cc1ccccn1)CC(C)C(=O)O. The topological polar surface area (TPSA) is 70.5 Å². The summed E-state index contributed by atoms with van der Waals surface area (Å²) in [5, 5.41) is 8.99. The van der Waals surface area contributed by atoms with E-state index in [1.807, 2.05) is 23.1 Å². The first kappa shape index (κ1) is 15.3. The summed E-state index contributed by atoms with van der Waals surface area (Å²) in [6, 6.07) is 5.25. The first-order chi connectivity index (χ1) is 8.91. The van der Waals surface area contributed by atoms with Gasteiger partial charge in [-0.05, 0) is 26.0 Å². The first-order valence-electron chi connectivity index (χ1n) is 6.29. The Kier molecular flexibility index (Phi) is 5.63. The predicted molar refractivity (Wildman–Crippen MR) is 71.6 cm³/mol. The molecule has 19 heavy (non-hydrogen) atoms. The van der Waals surface area contributed by atoms with Crippen LogP contribution in [0.15, 0.2) is 24.4 Å². The lowest BCUT2D eigenvalue weighted by molar-refractivity contribution is -0.142. The van der Waals surface area contributed by atoms with E-state index in [0.717, 1.165) is 5.69 Å². The molecule has 0 saturated carbocycles. The normalized spacial score (nSPS) is 14.1. The highest BCUT2D eigenvalue weighted by atomic mass is 16.4. The number of nitrogens with zero attached hydrogens (tertiary/aromatic N) is 2. The molecule has 1 aromatic heterocycles. The number of carbonyl (C=O) groups is 2. The molecule has 1 aromatic rings. The highest BCUT2D eigenvalue weighted by molar-refractivity contribution is 5.81. The lowest BCUT2D eigenvalue weighted by atomic mass is 10.1. The molecule has 0 spiro atoms. The minimum atomic E-state index is -0.859. The number of Topliss-reactive ketones (excluding diaryl/α,β-unsaturated/α-hetero) is 1. The van der Waals surface area contributed by atoms with Crippen molar-refractivity contribution in [1.29, 1.82) is 0 Å². The fourth-order valence-corrected chi connectivity index (χ4v) is 1.75. The molecule has 1 heterocycles. The van der Waals surface area contributed by atoms with Crippen LogP contribution in [0.3, 0.4) is 0 Å². The molecule has 104 valence electrons. The Hall–Kier alpha value is -1.75. The minimum absolute atomic E-state index is 0.0218. The Morgan fingerprint density at radius 2 is 2.05 bits per heavy atom. The molecule has 0 aliphatic heterocycles. The number of pyridine rings is 1. The van der Waals surface area contributed by atoms with Gasteiger partial charge < -0.3 is 5.11 Å².